The fourth-order valence-corrected chi connectivity index (χ4v) is 3.41. The van der Waals surface area contributed by atoms with Crippen LogP contribution in [0.15, 0.2) is 40.5 Å². The van der Waals surface area contributed by atoms with Gasteiger partial charge in [0.1, 0.15) is 0 Å². The smallest absolute Gasteiger partial charge is 0.259 e. The third kappa shape index (κ3) is 3.10. The summed E-state index contributed by atoms with van der Waals surface area (Å²) >= 11 is 1.51. The number of hydrogen-bond donors (Lipinski definition) is 0. The van der Waals surface area contributed by atoms with Crippen molar-refractivity contribution < 1.29 is 0 Å². The second-order valence-electron chi connectivity index (χ2n) is 5.74. The Kier molecular flexibility index (Phi) is 4.09. The number of aryl methyl sites for hydroxylation is 2. The maximum absolute atomic E-state index is 12.2. The highest BCUT2D eigenvalue weighted by Gasteiger charge is 2.08. The maximum Gasteiger partial charge on any atom is 0.259 e. The van der Waals surface area contributed by atoms with E-state index in [1.165, 1.54) is 22.5 Å². The molecule has 0 bridgehead atoms. The Labute approximate surface area is 133 Å². The molecule has 0 radical (unpaired) electrons. The fourth-order valence-electron chi connectivity index (χ4n) is 2.52. The second-order valence-corrected chi connectivity index (χ2v) is 6.58. The van der Waals surface area contributed by atoms with Crippen molar-refractivity contribution in [1.29, 1.82) is 0 Å². The standard InChI is InChI=1S/C17H19N3OS/c1-12-4-6-14(7-5-12)9-19(3)10-15-8-16(21)20-13(2)11-22-17(20)18-15/h4-8,11H,9-10H2,1-3H3. The first-order valence-electron chi connectivity index (χ1n) is 7.24. The summed E-state index contributed by atoms with van der Waals surface area (Å²) in [5, 5.41) is 1.96. The van der Waals surface area contributed by atoms with Gasteiger partial charge in [-0.15, -0.1) is 11.3 Å². The summed E-state index contributed by atoms with van der Waals surface area (Å²) in [7, 11) is 2.04. The Bertz CT molecular complexity index is 848. The zero-order valence-electron chi connectivity index (χ0n) is 13.0. The second kappa shape index (κ2) is 6.02. The van der Waals surface area contributed by atoms with Crippen molar-refractivity contribution in [2.24, 2.45) is 0 Å². The van der Waals surface area contributed by atoms with E-state index in [0.29, 0.717) is 6.54 Å². The third-order valence-corrected chi connectivity index (χ3v) is 4.58. The quantitative estimate of drug-likeness (QED) is 0.743. The van der Waals surface area contributed by atoms with Crippen molar-refractivity contribution >= 4 is 16.3 Å². The summed E-state index contributed by atoms with van der Waals surface area (Å²) in [4.78, 5) is 19.7. The molecule has 0 spiro atoms. The van der Waals surface area contributed by atoms with Gasteiger partial charge in [-0.3, -0.25) is 14.1 Å². The molecule has 22 heavy (non-hydrogen) atoms. The Morgan fingerprint density at radius 1 is 1.18 bits per heavy atom. The number of thiazole rings is 1. The summed E-state index contributed by atoms with van der Waals surface area (Å²) in [5.74, 6) is 0. The number of rotatable bonds is 4. The number of fused-ring (bicyclic) bond motifs is 1. The highest BCUT2D eigenvalue weighted by molar-refractivity contribution is 7.15. The summed E-state index contributed by atoms with van der Waals surface area (Å²) in [6.07, 6.45) is 0. The molecular weight excluding hydrogens is 294 g/mol. The minimum Gasteiger partial charge on any atom is -0.296 e. The predicted molar refractivity (Wildman–Crippen MR) is 90.4 cm³/mol. The van der Waals surface area contributed by atoms with Gasteiger partial charge in [0, 0.05) is 30.2 Å². The van der Waals surface area contributed by atoms with Gasteiger partial charge in [0.15, 0.2) is 4.96 Å². The first-order valence-corrected chi connectivity index (χ1v) is 8.12. The largest absolute Gasteiger partial charge is 0.296 e. The molecule has 0 aliphatic heterocycles. The number of aromatic nitrogens is 2. The van der Waals surface area contributed by atoms with Crippen LogP contribution in [0.3, 0.4) is 0 Å². The van der Waals surface area contributed by atoms with Crippen LogP contribution < -0.4 is 5.56 Å². The van der Waals surface area contributed by atoms with Gasteiger partial charge in [-0.1, -0.05) is 29.8 Å². The van der Waals surface area contributed by atoms with Crippen LogP contribution in [0, 0.1) is 13.8 Å². The number of benzene rings is 1. The normalized spacial score (nSPS) is 11.5. The lowest BCUT2D eigenvalue weighted by Gasteiger charge is -2.16. The number of nitrogens with zero attached hydrogens (tertiary/aromatic N) is 3. The lowest BCUT2D eigenvalue weighted by molar-refractivity contribution is 0.315. The van der Waals surface area contributed by atoms with E-state index in [4.69, 9.17) is 0 Å². The van der Waals surface area contributed by atoms with Gasteiger partial charge in [0.25, 0.3) is 5.56 Å². The predicted octanol–water partition coefficient (Wildman–Crippen LogP) is 3.00. The van der Waals surface area contributed by atoms with E-state index in [-0.39, 0.29) is 5.56 Å². The van der Waals surface area contributed by atoms with E-state index in [2.05, 4.69) is 41.1 Å². The lowest BCUT2D eigenvalue weighted by atomic mass is 10.1. The average molecular weight is 313 g/mol. The molecule has 0 aliphatic rings. The van der Waals surface area contributed by atoms with Crippen molar-refractivity contribution in [3.63, 3.8) is 0 Å². The van der Waals surface area contributed by atoms with E-state index < -0.39 is 0 Å². The first kappa shape index (κ1) is 14.9. The molecule has 0 saturated carbocycles. The van der Waals surface area contributed by atoms with Crippen LogP contribution in [0.25, 0.3) is 4.96 Å². The molecule has 1 aromatic carbocycles. The molecule has 3 rings (SSSR count). The molecular formula is C17H19N3OS. The topological polar surface area (TPSA) is 37.6 Å². The van der Waals surface area contributed by atoms with Crippen molar-refractivity contribution in [1.82, 2.24) is 14.3 Å². The van der Waals surface area contributed by atoms with Gasteiger partial charge < -0.3 is 0 Å². The van der Waals surface area contributed by atoms with Gasteiger partial charge in [-0.2, -0.15) is 0 Å². The van der Waals surface area contributed by atoms with Crippen LogP contribution in [0.1, 0.15) is 22.5 Å². The molecule has 0 N–H and O–H groups in total. The summed E-state index contributed by atoms with van der Waals surface area (Å²) in [6.45, 7) is 5.51. The Balaban J connectivity index is 1.77. The molecule has 2 heterocycles. The van der Waals surface area contributed by atoms with Gasteiger partial charge in [0.05, 0.1) is 5.69 Å². The Hall–Kier alpha value is -1.98. The molecule has 0 amide bonds. The zero-order valence-corrected chi connectivity index (χ0v) is 13.9. The van der Waals surface area contributed by atoms with Crippen molar-refractivity contribution in [3.05, 3.63) is 68.6 Å². The van der Waals surface area contributed by atoms with E-state index in [1.54, 1.807) is 10.5 Å². The molecule has 114 valence electrons. The monoisotopic (exact) mass is 313 g/mol. The minimum absolute atomic E-state index is 0.00230. The summed E-state index contributed by atoms with van der Waals surface area (Å²) < 4.78 is 1.66. The van der Waals surface area contributed by atoms with E-state index in [9.17, 15) is 4.79 Å². The highest BCUT2D eigenvalue weighted by Crippen LogP contribution is 2.13. The number of hydrogen-bond acceptors (Lipinski definition) is 4. The Morgan fingerprint density at radius 3 is 2.64 bits per heavy atom. The van der Waals surface area contributed by atoms with Gasteiger partial charge >= 0.3 is 0 Å². The maximum atomic E-state index is 12.2. The zero-order chi connectivity index (χ0) is 15.7. The van der Waals surface area contributed by atoms with Crippen molar-refractivity contribution in [3.8, 4) is 0 Å². The van der Waals surface area contributed by atoms with Crippen LogP contribution in [-0.2, 0) is 13.1 Å². The molecule has 3 aromatic rings. The van der Waals surface area contributed by atoms with E-state index in [1.807, 2.05) is 19.4 Å². The minimum atomic E-state index is 0.00230. The van der Waals surface area contributed by atoms with Gasteiger partial charge in [-0.25, -0.2) is 4.98 Å². The van der Waals surface area contributed by atoms with E-state index >= 15 is 0 Å². The first-order chi connectivity index (χ1) is 10.5. The molecule has 5 heteroatoms. The summed E-state index contributed by atoms with van der Waals surface area (Å²) in [5.41, 5.74) is 4.29. The van der Waals surface area contributed by atoms with Crippen LogP contribution in [-0.4, -0.2) is 21.3 Å². The Morgan fingerprint density at radius 2 is 1.91 bits per heavy atom. The van der Waals surface area contributed by atoms with Crippen LogP contribution in [0.5, 0.6) is 0 Å². The molecule has 0 aliphatic carbocycles. The molecule has 0 saturated heterocycles. The van der Waals surface area contributed by atoms with E-state index in [0.717, 1.165) is 22.9 Å². The molecule has 0 unspecified atom stereocenters. The molecule has 0 fully saturated rings. The van der Waals surface area contributed by atoms with Crippen LogP contribution in [0.2, 0.25) is 0 Å². The van der Waals surface area contributed by atoms with Crippen LogP contribution in [0.4, 0.5) is 0 Å². The average Bonchev–Trinajstić information content (AvgIpc) is 2.83. The van der Waals surface area contributed by atoms with Crippen molar-refractivity contribution in [2.75, 3.05) is 7.05 Å². The van der Waals surface area contributed by atoms with Gasteiger partial charge in [-0.05, 0) is 26.5 Å². The van der Waals surface area contributed by atoms with Gasteiger partial charge in [0.2, 0.25) is 0 Å². The molecule has 0 atom stereocenters. The van der Waals surface area contributed by atoms with Crippen molar-refractivity contribution in [2.45, 2.75) is 26.9 Å². The molecule has 4 nitrogen and oxygen atoms in total. The van der Waals surface area contributed by atoms with Crippen LogP contribution >= 0.6 is 11.3 Å². The lowest BCUT2D eigenvalue weighted by Crippen LogP contribution is -2.21. The summed E-state index contributed by atoms with van der Waals surface area (Å²) in [6, 6.07) is 10.2. The highest BCUT2D eigenvalue weighted by atomic mass is 32.1. The molecule has 2 aromatic heterocycles. The fraction of sp³-hybridized carbons (Fsp3) is 0.294. The third-order valence-electron chi connectivity index (χ3n) is 3.63. The SMILES string of the molecule is Cc1ccc(CN(C)Cc2cc(=O)n3c(C)csc3n2)cc1.